The van der Waals surface area contributed by atoms with Crippen LogP contribution < -0.4 is 0 Å². The van der Waals surface area contributed by atoms with Crippen molar-refractivity contribution in [2.75, 3.05) is 0 Å². The summed E-state index contributed by atoms with van der Waals surface area (Å²) in [7, 11) is 0.322. The van der Waals surface area contributed by atoms with Gasteiger partial charge in [0.15, 0.2) is 0 Å². The minimum absolute atomic E-state index is 0.161. The van der Waals surface area contributed by atoms with E-state index in [2.05, 4.69) is 52.0 Å². The van der Waals surface area contributed by atoms with Crippen molar-refractivity contribution in [2.45, 2.75) is 357 Å². The molecule has 9 saturated carbocycles. The van der Waals surface area contributed by atoms with Crippen molar-refractivity contribution in [2.24, 2.45) is 64.6 Å². The summed E-state index contributed by atoms with van der Waals surface area (Å²) in [6, 6.07) is 0. The zero-order chi connectivity index (χ0) is 50.2. The number of allylic oxidation sites excluding steroid dienone is 4. The molecule has 0 aromatic heterocycles. The van der Waals surface area contributed by atoms with Gasteiger partial charge in [-0.25, -0.2) is 0 Å². The Morgan fingerprint density at radius 2 is 0.630 bits per heavy atom. The Bertz CT molecular complexity index is 1420. The van der Waals surface area contributed by atoms with Gasteiger partial charge in [0, 0.05) is 0 Å². The smallest absolute Gasteiger partial charge is 0.0141 e. The van der Waals surface area contributed by atoms with E-state index in [1.54, 1.807) is 154 Å². The fourth-order valence-corrected chi connectivity index (χ4v) is 30.1. The van der Waals surface area contributed by atoms with Crippen LogP contribution in [0.4, 0.5) is 0 Å². The molecular formula is C71H124P2. The monoisotopic (exact) mass is 1040 g/mol. The summed E-state index contributed by atoms with van der Waals surface area (Å²) in [6.07, 6.45) is 82.7. The summed E-state index contributed by atoms with van der Waals surface area (Å²) in [5, 5.41) is 0. The van der Waals surface area contributed by atoms with E-state index in [1.165, 1.54) is 141 Å². The van der Waals surface area contributed by atoms with Crippen LogP contribution in [0.5, 0.6) is 0 Å². The standard InChI is InChI=1S/C71H124P2/c1-5-7-9-11-13-31-49-71(50-32-14-12-10-8-6-2)67-51-55(3)59(47-45-57-33-27-29-43-69(57)72(61-35-19-15-20-36-61)62-37-21-16-22-38-62)53-65(67)66-54-60(56(4)52-68(66)71)48-46-58-34-28-30-44-70(58)73(63-39-23-17-24-40-63)64-41-25-18-26-42-64/h45-48,55-70H,5-44,49-54H2,1-4H3/b47-45+,48-46+. The summed E-state index contributed by atoms with van der Waals surface area (Å²) in [6.45, 7) is 10.4. The summed E-state index contributed by atoms with van der Waals surface area (Å²) in [5.74, 6) is 9.14. The van der Waals surface area contributed by atoms with E-state index in [-0.39, 0.29) is 15.8 Å². The van der Waals surface area contributed by atoms with Crippen LogP contribution in [0.2, 0.25) is 0 Å². The van der Waals surface area contributed by atoms with Crippen LogP contribution in [0.1, 0.15) is 323 Å². The third-order valence-corrected chi connectivity index (χ3v) is 32.6. The van der Waals surface area contributed by atoms with Crippen molar-refractivity contribution in [3.63, 3.8) is 0 Å². The number of hydrogen-bond acceptors (Lipinski definition) is 0. The lowest BCUT2D eigenvalue weighted by Crippen LogP contribution is -2.39. The van der Waals surface area contributed by atoms with E-state index in [1.807, 2.05) is 0 Å². The first-order valence-electron chi connectivity index (χ1n) is 34.9. The minimum atomic E-state index is 0.161. The average Bonchev–Trinajstić information content (AvgIpc) is 3.67. The molecule has 12 unspecified atom stereocenters. The van der Waals surface area contributed by atoms with Crippen molar-refractivity contribution < 1.29 is 0 Å². The molecule has 9 rings (SSSR count). The molecule has 12 atom stereocenters. The Labute approximate surface area is 459 Å². The molecule has 0 amide bonds. The molecule has 0 aromatic carbocycles. The van der Waals surface area contributed by atoms with Gasteiger partial charge < -0.3 is 0 Å². The first kappa shape index (κ1) is 58.0. The molecule has 0 radical (unpaired) electrons. The van der Waals surface area contributed by atoms with E-state index in [0.29, 0.717) is 5.41 Å². The normalized spacial score (nSPS) is 36.6. The lowest BCUT2D eigenvalue weighted by Gasteiger charge is -2.48. The maximum atomic E-state index is 3.02. The SMILES string of the molecule is CCCCCCCCC1(CCCCCCCC)C2CC(C)C(/C=C/C3CCCCC3P(C3CCCCC3)C3CCCCC3)CC2C2CC(/C=C/C3CCCCC3P(C3CCCCC3)C3CCCCC3)C(C)CC21. The van der Waals surface area contributed by atoms with Gasteiger partial charge in [0.1, 0.15) is 0 Å². The molecule has 418 valence electrons. The molecule has 73 heavy (non-hydrogen) atoms. The average molecular weight is 1040 g/mol. The maximum absolute atomic E-state index is 3.02. The predicted octanol–water partition coefficient (Wildman–Crippen LogP) is 23.6. The van der Waals surface area contributed by atoms with Crippen LogP contribution in [0, 0.1) is 64.6 Å². The largest absolute Gasteiger partial charge is 0.0966 e. The molecular weight excluding hydrogens is 915 g/mol. The molecule has 0 aromatic rings. The second-order valence-electron chi connectivity index (χ2n) is 28.9. The number of fused-ring (bicyclic) bond motifs is 3. The van der Waals surface area contributed by atoms with Gasteiger partial charge in [-0.1, -0.05) is 248 Å². The maximum Gasteiger partial charge on any atom is -0.0141 e. The second-order valence-corrected chi connectivity index (χ2v) is 34.9. The molecule has 9 fully saturated rings. The number of rotatable bonds is 24. The van der Waals surface area contributed by atoms with Crippen molar-refractivity contribution in [3.8, 4) is 0 Å². The Kier molecular flexibility index (Phi) is 24.0. The van der Waals surface area contributed by atoms with Crippen LogP contribution in [0.3, 0.4) is 0 Å². The number of hydrogen-bond donors (Lipinski definition) is 0. The van der Waals surface area contributed by atoms with E-state index >= 15 is 0 Å². The molecule has 0 N–H and O–H groups in total. The van der Waals surface area contributed by atoms with Gasteiger partial charge in [-0.3, -0.25) is 0 Å². The molecule has 2 heteroatoms. The molecule has 0 spiro atoms. The van der Waals surface area contributed by atoms with E-state index < -0.39 is 0 Å². The van der Waals surface area contributed by atoms with E-state index in [4.69, 9.17) is 0 Å². The summed E-state index contributed by atoms with van der Waals surface area (Å²) in [5.41, 5.74) is 7.15. The molecule has 0 saturated heterocycles. The van der Waals surface area contributed by atoms with Crippen LogP contribution in [0.25, 0.3) is 0 Å². The van der Waals surface area contributed by atoms with Crippen molar-refractivity contribution in [1.82, 2.24) is 0 Å². The summed E-state index contributed by atoms with van der Waals surface area (Å²) < 4.78 is 0. The molecule has 9 aliphatic rings. The fraction of sp³-hybridized carbons (Fsp3) is 0.944. The molecule has 0 nitrogen and oxygen atoms in total. The Hall–Kier alpha value is 0.340. The molecule has 0 bridgehead atoms. The second kappa shape index (κ2) is 30.2. The highest BCUT2D eigenvalue weighted by molar-refractivity contribution is 7.60. The van der Waals surface area contributed by atoms with Crippen molar-refractivity contribution >= 4 is 15.8 Å². The van der Waals surface area contributed by atoms with Crippen molar-refractivity contribution in [1.29, 1.82) is 0 Å². The fourth-order valence-electron chi connectivity index (χ4n) is 20.6. The lowest BCUT2D eigenvalue weighted by atomic mass is 9.57. The van der Waals surface area contributed by atoms with Crippen LogP contribution in [0.15, 0.2) is 24.3 Å². The highest BCUT2D eigenvalue weighted by Crippen LogP contribution is 2.70. The third kappa shape index (κ3) is 15.0. The Morgan fingerprint density at radius 3 is 0.986 bits per heavy atom. The Morgan fingerprint density at radius 1 is 0.329 bits per heavy atom. The summed E-state index contributed by atoms with van der Waals surface area (Å²) >= 11 is 0. The van der Waals surface area contributed by atoms with Gasteiger partial charge in [-0.15, -0.1) is 0 Å². The van der Waals surface area contributed by atoms with Crippen LogP contribution in [-0.4, -0.2) is 34.0 Å². The van der Waals surface area contributed by atoms with Gasteiger partial charge in [0.25, 0.3) is 0 Å². The van der Waals surface area contributed by atoms with Crippen molar-refractivity contribution in [3.05, 3.63) is 24.3 Å². The minimum Gasteiger partial charge on any atom is -0.0966 e. The molecule has 9 aliphatic carbocycles. The Balaban J connectivity index is 0.974. The zero-order valence-electron chi connectivity index (χ0n) is 49.5. The van der Waals surface area contributed by atoms with Gasteiger partial charge in [-0.2, -0.15) is 0 Å². The topological polar surface area (TPSA) is 0 Å². The molecule has 0 heterocycles. The van der Waals surface area contributed by atoms with Gasteiger partial charge in [0.05, 0.1) is 0 Å². The third-order valence-electron chi connectivity index (χ3n) is 24.4. The predicted molar refractivity (Wildman–Crippen MR) is 327 cm³/mol. The quantitative estimate of drug-likeness (QED) is 0.0513. The highest BCUT2D eigenvalue weighted by Gasteiger charge is 2.62. The van der Waals surface area contributed by atoms with Crippen LogP contribution in [-0.2, 0) is 0 Å². The van der Waals surface area contributed by atoms with Gasteiger partial charge in [-0.05, 0) is 214 Å². The van der Waals surface area contributed by atoms with Crippen LogP contribution >= 0.6 is 15.8 Å². The molecule has 0 aliphatic heterocycles. The summed E-state index contributed by atoms with van der Waals surface area (Å²) in [4.78, 5) is 0. The lowest BCUT2D eigenvalue weighted by molar-refractivity contribution is 0.0233. The first-order valence-corrected chi connectivity index (χ1v) is 38.0. The zero-order valence-corrected chi connectivity index (χ0v) is 51.3. The van der Waals surface area contributed by atoms with Gasteiger partial charge >= 0.3 is 0 Å². The number of unbranched alkanes of at least 4 members (excludes halogenated alkanes) is 10. The van der Waals surface area contributed by atoms with E-state index in [0.717, 1.165) is 93.1 Å². The first-order chi connectivity index (χ1) is 36.0. The highest BCUT2D eigenvalue weighted by atomic mass is 31.1. The van der Waals surface area contributed by atoms with Gasteiger partial charge in [0.2, 0.25) is 0 Å². The van der Waals surface area contributed by atoms with E-state index in [9.17, 15) is 0 Å².